The van der Waals surface area contributed by atoms with E-state index in [1.807, 2.05) is 5.32 Å². The number of alkyl halides is 3. The van der Waals surface area contributed by atoms with Crippen LogP contribution in [0.2, 0.25) is 0 Å². The van der Waals surface area contributed by atoms with Gasteiger partial charge >= 0.3 is 12.1 Å². The van der Waals surface area contributed by atoms with E-state index in [2.05, 4.69) is 0 Å². The molecule has 0 heterocycles. The highest BCUT2D eigenvalue weighted by Crippen LogP contribution is 2.22. The number of amides is 1. The molecule has 0 radical (unpaired) electrons. The summed E-state index contributed by atoms with van der Waals surface area (Å²) >= 11 is 0. The molecule has 0 spiro atoms. The summed E-state index contributed by atoms with van der Waals surface area (Å²) in [6.07, 6.45) is -4.49. The van der Waals surface area contributed by atoms with Crippen LogP contribution in [0.3, 0.4) is 0 Å². The molecule has 0 aliphatic heterocycles. The number of halogens is 3. The number of nitrogens with one attached hydrogen (secondary N) is 1. The van der Waals surface area contributed by atoms with E-state index in [-0.39, 0.29) is 0 Å². The van der Waals surface area contributed by atoms with Crippen molar-refractivity contribution in [2.75, 3.05) is 7.11 Å². The van der Waals surface area contributed by atoms with E-state index in [9.17, 15) is 18.0 Å². The number of methoxy groups -OCH3 is 1. The summed E-state index contributed by atoms with van der Waals surface area (Å²) in [7, 11) is 1.50. The number of carbonyl (C=O) groups excluding carboxylic acids is 1. The van der Waals surface area contributed by atoms with Crippen molar-refractivity contribution in [1.82, 2.24) is 5.32 Å². The predicted octanol–water partition coefficient (Wildman–Crippen LogP) is 2.82. The fourth-order valence-electron chi connectivity index (χ4n) is 1.50. The number of rotatable bonds is 4. The zero-order valence-electron chi connectivity index (χ0n) is 10.0. The summed E-state index contributed by atoms with van der Waals surface area (Å²) in [6, 6.07) is 5.87. The average molecular weight is 261 g/mol. The molecule has 6 heteroatoms. The first-order valence-electron chi connectivity index (χ1n) is 5.40. The number of carbonyl (C=O) groups is 1. The molecule has 0 saturated heterocycles. The Morgan fingerprint density at radius 2 is 1.89 bits per heavy atom. The van der Waals surface area contributed by atoms with Gasteiger partial charge in [0.25, 0.3) is 0 Å². The zero-order valence-corrected chi connectivity index (χ0v) is 10.0. The summed E-state index contributed by atoms with van der Waals surface area (Å²) in [6.45, 7) is 1.70. The largest absolute Gasteiger partial charge is 0.497 e. The van der Waals surface area contributed by atoms with Crippen LogP contribution in [0.25, 0.3) is 0 Å². The molecule has 1 amide bonds. The Kier molecular flexibility index (Phi) is 4.58. The van der Waals surface area contributed by atoms with Crippen molar-refractivity contribution < 1.29 is 22.7 Å². The lowest BCUT2D eigenvalue weighted by Crippen LogP contribution is -2.38. The van der Waals surface area contributed by atoms with Gasteiger partial charge in [0.2, 0.25) is 0 Å². The third kappa shape index (κ3) is 3.65. The molecule has 18 heavy (non-hydrogen) atoms. The predicted molar refractivity (Wildman–Crippen MR) is 60.2 cm³/mol. The summed E-state index contributed by atoms with van der Waals surface area (Å²) < 4.78 is 41.4. The first kappa shape index (κ1) is 14.3. The summed E-state index contributed by atoms with van der Waals surface area (Å²) in [5.41, 5.74) is 0.607. The molecular weight excluding hydrogens is 247 g/mol. The van der Waals surface area contributed by atoms with Crippen molar-refractivity contribution in [3.05, 3.63) is 29.8 Å². The second-order valence-electron chi connectivity index (χ2n) is 3.71. The minimum absolute atomic E-state index is 0.369. The molecule has 1 unspecified atom stereocenters. The van der Waals surface area contributed by atoms with Crippen LogP contribution in [0.4, 0.5) is 13.2 Å². The molecule has 1 N–H and O–H groups in total. The van der Waals surface area contributed by atoms with Crippen LogP contribution in [0.5, 0.6) is 5.75 Å². The van der Waals surface area contributed by atoms with Crippen molar-refractivity contribution in [3.63, 3.8) is 0 Å². The quantitative estimate of drug-likeness (QED) is 0.905. The third-order valence-corrected chi connectivity index (χ3v) is 2.49. The van der Waals surface area contributed by atoms with E-state index in [0.29, 0.717) is 17.7 Å². The molecular formula is C12H14F3NO2. The average Bonchev–Trinajstić information content (AvgIpc) is 2.34. The molecule has 0 aromatic heterocycles. The third-order valence-electron chi connectivity index (χ3n) is 2.49. The second kappa shape index (κ2) is 5.75. The van der Waals surface area contributed by atoms with E-state index >= 15 is 0 Å². The molecule has 0 saturated carbocycles. The van der Waals surface area contributed by atoms with Crippen molar-refractivity contribution in [2.45, 2.75) is 25.6 Å². The molecule has 1 rings (SSSR count). The summed E-state index contributed by atoms with van der Waals surface area (Å²) in [4.78, 5) is 10.9. The normalized spacial score (nSPS) is 12.9. The first-order valence-corrected chi connectivity index (χ1v) is 5.40. The minimum atomic E-state index is -4.86. The Balaban J connectivity index is 2.80. The van der Waals surface area contributed by atoms with Gasteiger partial charge in [-0.25, -0.2) is 0 Å². The number of benzene rings is 1. The van der Waals surface area contributed by atoms with E-state index < -0.39 is 18.1 Å². The van der Waals surface area contributed by atoms with E-state index in [1.165, 1.54) is 7.11 Å². The maximum Gasteiger partial charge on any atom is 0.471 e. The van der Waals surface area contributed by atoms with E-state index in [0.717, 1.165) is 0 Å². The lowest BCUT2D eigenvalue weighted by atomic mass is 10.0. The molecule has 0 fully saturated rings. The van der Waals surface area contributed by atoms with Crippen LogP contribution in [0, 0.1) is 0 Å². The standard InChI is InChI=1S/C12H14F3NO2/c1-3-10(16-11(17)12(13,14)15)8-4-6-9(18-2)7-5-8/h4-7,10H,3H2,1-2H3,(H,16,17). The van der Waals surface area contributed by atoms with Crippen LogP contribution in [-0.2, 0) is 4.79 Å². The van der Waals surface area contributed by atoms with E-state index in [4.69, 9.17) is 4.74 Å². The summed E-state index contributed by atoms with van der Waals surface area (Å²) in [5, 5.41) is 1.96. The van der Waals surface area contributed by atoms with Gasteiger partial charge in [-0.1, -0.05) is 19.1 Å². The highest BCUT2D eigenvalue weighted by Gasteiger charge is 2.39. The van der Waals surface area contributed by atoms with Gasteiger partial charge in [-0.15, -0.1) is 0 Å². The molecule has 3 nitrogen and oxygen atoms in total. The number of hydrogen-bond acceptors (Lipinski definition) is 2. The molecule has 100 valence electrons. The maximum atomic E-state index is 12.1. The lowest BCUT2D eigenvalue weighted by Gasteiger charge is -2.18. The van der Waals surface area contributed by atoms with Gasteiger partial charge in [-0.05, 0) is 24.1 Å². The summed E-state index contributed by atoms with van der Waals surface area (Å²) in [5.74, 6) is -1.32. The van der Waals surface area contributed by atoms with Crippen LogP contribution >= 0.6 is 0 Å². The number of ether oxygens (including phenoxy) is 1. The van der Waals surface area contributed by atoms with Gasteiger partial charge in [-0.2, -0.15) is 13.2 Å². The lowest BCUT2D eigenvalue weighted by molar-refractivity contribution is -0.174. The number of hydrogen-bond donors (Lipinski definition) is 1. The molecule has 1 atom stereocenters. The monoisotopic (exact) mass is 261 g/mol. The Hall–Kier alpha value is -1.72. The minimum Gasteiger partial charge on any atom is -0.497 e. The van der Waals surface area contributed by atoms with Crippen molar-refractivity contribution in [3.8, 4) is 5.75 Å². The maximum absolute atomic E-state index is 12.1. The van der Waals surface area contributed by atoms with Crippen LogP contribution in [0.1, 0.15) is 24.9 Å². The van der Waals surface area contributed by atoms with Gasteiger partial charge in [0, 0.05) is 0 Å². The Labute approximate surface area is 103 Å². The van der Waals surface area contributed by atoms with Gasteiger partial charge in [0.1, 0.15) is 5.75 Å². The Morgan fingerprint density at radius 3 is 2.28 bits per heavy atom. The van der Waals surface area contributed by atoms with Crippen molar-refractivity contribution in [2.24, 2.45) is 0 Å². The van der Waals surface area contributed by atoms with Gasteiger partial charge < -0.3 is 10.1 Å². The second-order valence-corrected chi connectivity index (χ2v) is 3.71. The van der Waals surface area contributed by atoms with Gasteiger partial charge in [-0.3, -0.25) is 4.79 Å². The van der Waals surface area contributed by atoms with Crippen LogP contribution in [0.15, 0.2) is 24.3 Å². The van der Waals surface area contributed by atoms with Crippen molar-refractivity contribution in [1.29, 1.82) is 0 Å². The highest BCUT2D eigenvalue weighted by atomic mass is 19.4. The molecule has 1 aromatic rings. The smallest absolute Gasteiger partial charge is 0.471 e. The Morgan fingerprint density at radius 1 is 1.33 bits per heavy atom. The highest BCUT2D eigenvalue weighted by molar-refractivity contribution is 5.82. The van der Waals surface area contributed by atoms with Crippen LogP contribution < -0.4 is 10.1 Å². The fraction of sp³-hybridized carbons (Fsp3) is 0.417. The molecule has 0 aliphatic rings. The molecule has 0 bridgehead atoms. The Bertz CT molecular complexity index is 401. The first-order chi connectivity index (χ1) is 8.38. The molecule has 1 aromatic carbocycles. The van der Waals surface area contributed by atoms with Crippen LogP contribution in [-0.4, -0.2) is 19.2 Å². The SMILES string of the molecule is CCC(NC(=O)C(F)(F)F)c1ccc(OC)cc1. The van der Waals surface area contributed by atoms with E-state index in [1.54, 1.807) is 31.2 Å². The van der Waals surface area contributed by atoms with Gasteiger partial charge in [0.05, 0.1) is 13.2 Å². The zero-order chi connectivity index (χ0) is 13.8. The fourth-order valence-corrected chi connectivity index (χ4v) is 1.50. The topological polar surface area (TPSA) is 38.3 Å². The molecule has 0 aliphatic carbocycles. The van der Waals surface area contributed by atoms with Gasteiger partial charge in [0.15, 0.2) is 0 Å². The van der Waals surface area contributed by atoms with Crippen molar-refractivity contribution >= 4 is 5.91 Å².